The van der Waals surface area contributed by atoms with Gasteiger partial charge in [-0.3, -0.25) is 0 Å². The molecule has 0 fully saturated rings. The minimum absolute atomic E-state index is 0.0752. The Hall–Kier alpha value is 2.75. The van der Waals surface area contributed by atoms with Crippen LogP contribution < -0.4 is 0 Å². The summed E-state index contributed by atoms with van der Waals surface area (Å²) in [6.45, 7) is 0. The monoisotopic (exact) mass is 808 g/mol. The Labute approximate surface area is 102 Å². The van der Waals surface area contributed by atoms with E-state index in [1.807, 2.05) is 3.28 Å². The molecule has 0 nitrogen and oxygen atoms in total. The summed E-state index contributed by atoms with van der Waals surface area (Å²) < 4.78 is 6.90. The van der Waals surface area contributed by atoms with Crippen molar-refractivity contribution in [2.45, 2.75) is 6.42 Å². The first-order valence-corrected chi connectivity index (χ1v) is 42.1. The molecule has 1 aliphatic heterocycles. The van der Waals surface area contributed by atoms with E-state index in [0.29, 0.717) is 13.0 Å². The van der Waals surface area contributed by atoms with Crippen molar-refractivity contribution in [3.63, 3.8) is 0 Å². The Morgan fingerprint density at radius 3 is 3.18 bits per heavy atom. The van der Waals surface area contributed by atoms with Crippen molar-refractivity contribution in [3.05, 3.63) is 26.3 Å². The zero-order valence-corrected chi connectivity index (χ0v) is 19.2. The van der Waals surface area contributed by atoms with Gasteiger partial charge < -0.3 is 0 Å². The van der Waals surface area contributed by atoms with Gasteiger partial charge in [0, 0.05) is 0 Å². The molecule has 0 radical (unpaired) electrons. The van der Waals surface area contributed by atoms with E-state index in [1.54, 1.807) is 0 Å². The average molecular weight is 809 g/mol. The van der Waals surface area contributed by atoms with Gasteiger partial charge in [0.1, 0.15) is 0 Å². The van der Waals surface area contributed by atoms with Crippen LogP contribution in [-0.2, 0) is 23.2 Å². The Morgan fingerprint density at radius 1 is 1.55 bits per heavy atom. The van der Waals surface area contributed by atoms with E-state index < -0.39 is 0 Å². The molecule has 0 aromatic heterocycles. The summed E-state index contributed by atoms with van der Waals surface area (Å²) in [6, 6.07) is 0. The summed E-state index contributed by atoms with van der Waals surface area (Å²) in [5.74, 6) is 0. The summed E-state index contributed by atoms with van der Waals surface area (Å²) in [5, 5.41) is 0. The van der Waals surface area contributed by atoms with Crippen molar-refractivity contribution in [3.8, 4) is 0 Å². The first kappa shape index (κ1) is 10.3. The van der Waals surface area contributed by atoms with E-state index in [2.05, 4.69) is 23.0 Å². The molecule has 0 amide bonds. The van der Waals surface area contributed by atoms with Crippen molar-refractivity contribution < 1.29 is 23.2 Å². The van der Waals surface area contributed by atoms with Gasteiger partial charge in [-0.15, -0.1) is 0 Å². The summed E-state index contributed by atoms with van der Waals surface area (Å²) >= 11 is 0.684. The van der Waals surface area contributed by atoms with Crippen LogP contribution in [-0.4, -0.2) is 49.2 Å². The third-order valence-corrected chi connectivity index (χ3v) is 120. The molecule has 2 aliphatic rings. The fourth-order valence-corrected chi connectivity index (χ4v) is 231. The van der Waals surface area contributed by atoms with E-state index in [0.717, 1.165) is 0 Å². The van der Waals surface area contributed by atoms with Crippen molar-refractivity contribution in [2.24, 2.45) is 0 Å². The van der Waals surface area contributed by atoms with E-state index in [4.69, 9.17) is 0 Å². The van der Waals surface area contributed by atoms with Crippen LogP contribution >= 0.6 is 0 Å². The predicted molar refractivity (Wildman–Crippen MR) is 48.6 cm³/mol. The van der Waals surface area contributed by atoms with Crippen LogP contribution in [0.1, 0.15) is 6.42 Å². The van der Waals surface area contributed by atoms with Gasteiger partial charge in [-0.05, 0) is 0 Å². The van der Waals surface area contributed by atoms with Crippen LogP contribution in [0.25, 0.3) is 0 Å². The number of rotatable bonds is 2. The van der Waals surface area contributed by atoms with Crippen LogP contribution in [0.15, 0.2) is 26.3 Å². The topological polar surface area (TPSA) is 0 Å². The zero-order chi connectivity index (χ0) is 7.52. The Kier molecular flexibility index (Phi) is 5.22. The van der Waals surface area contributed by atoms with Gasteiger partial charge in [0.15, 0.2) is 0 Å². The standard InChI is InChI=1S/C5H5.C2H.3Bi.Zr.H/c1-2-4-5-3-1;1-2;;;;;/h1-3H,4H2;1H;;;;;. The van der Waals surface area contributed by atoms with Crippen LogP contribution in [0, 0.1) is 0 Å². The minimum atomic E-state index is -0.0752. The van der Waals surface area contributed by atoms with Gasteiger partial charge >= 0.3 is 105 Å². The SMILES string of the molecule is C1=CC[C]([Zr][C]2=[CH][BiH][Bi]=[Bi]2)=C1. The molecule has 1 aliphatic carbocycles. The fourth-order valence-electron chi connectivity index (χ4n) is 0.967. The third kappa shape index (κ3) is 3.42. The molecule has 0 N–H and O–H groups in total. The van der Waals surface area contributed by atoms with Gasteiger partial charge in [0.2, 0.25) is 0 Å². The number of allylic oxidation sites excluding steroid dienone is 4. The summed E-state index contributed by atoms with van der Waals surface area (Å²) in [4.78, 5) is 0. The second-order valence-electron chi connectivity index (χ2n) is 2.31. The molecule has 0 unspecified atom stereocenters. The van der Waals surface area contributed by atoms with Crippen molar-refractivity contribution in [1.82, 2.24) is 0 Å². The molecule has 0 aromatic rings. The summed E-state index contributed by atoms with van der Waals surface area (Å²) in [6.07, 6.45) is 8.35. The fraction of sp³-hybridized carbons (Fsp3) is 0.143. The van der Waals surface area contributed by atoms with Gasteiger partial charge in [-0.1, -0.05) is 0 Å². The molecule has 11 heavy (non-hydrogen) atoms. The maximum absolute atomic E-state index is 2.85. The second-order valence-corrected chi connectivity index (χ2v) is 97.9. The number of hydrogen-bond donors (Lipinski definition) is 0. The Bertz CT molecular complexity index is 275. The van der Waals surface area contributed by atoms with Crippen LogP contribution in [0.2, 0.25) is 0 Å². The van der Waals surface area contributed by atoms with Gasteiger partial charge in [-0.25, -0.2) is 0 Å². The van der Waals surface area contributed by atoms with Crippen LogP contribution in [0.5, 0.6) is 0 Å². The van der Waals surface area contributed by atoms with E-state index in [9.17, 15) is 0 Å². The molecule has 0 spiro atoms. The van der Waals surface area contributed by atoms with Crippen LogP contribution in [0.4, 0.5) is 0 Å². The molecule has 0 atom stereocenters. The number of hydrogen-bond acceptors (Lipinski definition) is 0. The van der Waals surface area contributed by atoms with Gasteiger partial charge in [-0.2, -0.15) is 0 Å². The molecule has 4 heteroatoms. The molecule has 0 saturated carbocycles. The normalized spacial score (nSPS) is 20.4. The van der Waals surface area contributed by atoms with Gasteiger partial charge in [0.25, 0.3) is 0 Å². The molecule has 2 rings (SSSR count). The molecular formula is C7H7Bi3Zr. The van der Waals surface area contributed by atoms with E-state index in [1.165, 1.54) is 6.42 Å². The van der Waals surface area contributed by atoms with E-state index >= 15 is 0 Å². The summed E-state index contributed by atoms with van der Waals surface area (Å²) in [5.41, 5.74) is 0. The molecule has 0 aromatic carbocycles. The molecule has 0 saturated heterocycles. The van der Waals surface area contributed by atoms with E-state index in [-0.39, 0.29) is 59.5 Å². The third-order valence-electron chi connectivity index (χ3n) is 1.48. The first-order valence-electron chi connectivity index (χ1n) is 3.44. The molecule has 1 heterocycles. The molecule has 0 bridgehead atoms. The quantitative estimate of drug-likeness (QED) is 0.355. The zero-order valence-electron chi connectivity index (χ0n) is 5.91. The molecule has 54 valence electrons. The predicted octanol–water partition coefficient (Wildman–Crippen LogP) is 0.400. The van der Waals surface area contributed by atoms with Crippen molar-refractivity contribution in [2.75, 3.05) is 0 Å². The van der Waals surface area contributed by atoms with Crippen LogP contribution in [0.3, 0.4) is 0 Å². The molecular weight excluding hydrogens is 802 g/mol. The first-order chi connectivity index (χ1) is 5.45. The maximum atomic E-state index is 2.85. The van der Waals surface area contributed by atoms with Crippen molar-refractivity contribution >= 4 is 49.2 Å². The second kappa shape index (κ2) is 5.59. The Balaban J connectivity index is 1.95. The average Bonchev–Trinajstić information content (AvgIpc) is 2.60. The van der Waals surface area contributed by atoms with Crippen molar-refractivity contribution in [1.29, 1.82) is 0 Å². The summed E-state index contributed by atoms with van der Waals surface area (Å²) in [7, 11) is 0. The van der Waals surface area contributed by atoms with Gasteiger partial charge in [0.05, 0.1) is 0 Å². The Morgan fingerprint density at radius 2 is 2.55 bits per heavy atom.